The maximum Gasteiger partial charge on any atom is 0.306 e. The van der Waals surface area contributed by atoms with E-state index < -0.39 is 0 Å². The van der Waals surface area contributed by atoms with Crippen LogP contribution in [0.3, 0.4) is 0 Å². The number of methoxy groups -OCH3 is 1. The van der Waals surface area contributed by atoms with E-state index in [1.165, 1.54) is 7.11 Å². The molecule has 16 heavy (non-hydrogen) atoms. The van der Waals surface area contributed by atoms with Crippen molar-refractivity contribution in [3.8, 4) is 0 Å². The summed E-state index contributed by atoms with van der Waals surface area (Å²) >= 11 is 0. The van der Waals surface area contributed by atoms with Crippen LogP contribution in [0.2, 0.25) is 0 Å². The number of carbonyl (C=O) groups is 2. The molecule has 0 heterocycles. The molecule has 2 rings (SSSR count). The second kappa shape index (κ2) is 3.08. The first kappa shape index (κ1) is 11.6. The molecule has 0 aromatic heterocycles. The average molecular weight is 224 g/mol. The fourth-order valence-electron chi connectivity index (χ4n) is 3.72. The molecular weight excluding hydrogens is 204 g/mol. The zero-order valence-electron chi connectivity index (χ0n) is 10.6. The van der Waals surface area contributed by atoms with Crippen LogP contribution in [0.15, 0.2) is 0 Å². The highest BCUT2D eigenvalue weighted by atomic mass is 16.5. The minimum Gasteiger partial charge on any atom is -0.469 e. The van der Waals surface area contributed by atoms with Crippen molar-refractivity contribution in [2.45, 2.75) is 46.5 Å². The van der Waals surface area contributed by atoms with Gasteiger partial charge in [-0.1, -0.05) is 20.8 Å². The fraction of sp³-hybridized carbons (Fsp3) is 0.846. The van der Waals surface area contributed by atoms with Crippen LogP contribution in [0, 0.1) is 16.2 Å². The molecule has 2 atom stereocenters. The lowest BCUT2D eigenvalue weighted by Crippen LogP contribution is -2.37. The van der Waals surface area contributed by atoms with E-state index in [2.05, 4.69) is 20.8 Å². The molecule has 0 spiro atoms. The van der Waals surface area contributed by atoms with E-state index in [1.807, 2.05) is 0 Å². The van der Waals surface area contributed by atoms with Gasteiger partial charge in [-0.2, -0.15) is 0 Å². The van der Waals surface area contributed by atoms with Crippen molar-refractivity contribution >= 4 is 11.8 Å². The van der Waals surface area contributed by atoms with Crippen LogP contribution < -0.4 is 0 Å². The van der Waals surface area contributed by atoms with Crippen molar-refractivity contribution in [1.82, 2.24) is 0 Å². The summed E-state index contributed by atoms with van der Waals surface area (Å²) in [7, 11) is 1.41. The summed E-state index contributed by atoms with van der Waals surface area (Å²) in [6, 6.07) is 0. The highest BCUT2D eigenvalue weighted by molar-refractivity contribution is 5.91. The van der Waals surface area contributed by atoms with Gasteiger partial charge in [0.05, 0.1) is 13.5 Å². The predicted molar refractivity (Wildman–Crippen MR) is 59.8 cm³/mol. The fourth-order valence-corrected chi connectivity index (χ4v) is 3.72. The molecule has 90 valence electrons. The van der Waals surface area contributed by atoms with Crippen LogP contribution in [0.4, 0.5) is 0 Å². The van der Waals surface area contributed by atoms with Gasteiger partial charge in [0.25, 0.3) is 0 Å². The Labute approximate surface area is 96.5 Å². The van der Waals surface area contributed by atoms with Gasteiger partial charge in [0, 0.05) is 11.8 Å². The van der Waals surface area contributed by atoms with Gasteiger partial charge >= 0.3 is 5.97 Å². The molecule has 0 unspecified atom stereocenters. The lowest BCUT2D eigenvalue weighted by atomic mass is 9.64. The number of hydrogen-bond donors (Lipinski definition) is 0. The number of carbonyl (C=O) groups excluding carboxylic acids is 2. The van der Waals surface area contributed by atoms with Crippen LogP contribution in [-0.4, -0.2) is 18.9 Å². The molecule has 0 amide bonds. The average Bonchev–Trinajstić information content (AvgIpc) is 2.47. The Balaban J connectivity index is 2.37. The van der Waals surface area contributed by atoms with Crippen molar-refractivity contribution in [2.75, 3.05) is 7.11 Å². The first-order chi connectivity index (χ1) is 7.29. The molecule has 2 fully saturated rings. The molecule has 0 aromatic carbocycles. The summed E-state index contributed by atoms with van der Waals surface area (Å²) < 4.78 is 4.77. The molecule has 2 aliphatic carbocycles. The van der Waals surface area contributed by atoms with Crippen LogP contribution in [0.1, 0.15) is 46.5 Å². The van der Waals surface area contributed by atoms with E-state index >= 15 is 0 Å². The molecule has 0 radical (unpaired) electrons. The van der Waals surface area contributed by atoms with Gasteiger partial charge in [-0.25, -0.2) is 0 Å². The third kappa shape index (κ3) is 1.09. The van der Waals surface area contributed by atoms with Crippen LogP contribution in [0.25, 0.3) is 0 Å². The summed E-state index contributed by atoms with van der Waals surface area (Å²) in [6.07, 6.45) is 2.82. The Morgan fingerprint density at radius 1 is 1.31 bits per heavy atom. The van der Waals surface area contributed by atoms with E-state index in [9.17, 15) is 9.59 Å². The molecular formula is C13H20O3. The summed E-state index contributed by atoms with van der Waals surface area (Å²) in [4.78, 5) is 23.6. The van der Waals surface area contributed by atoms with Gasteiger partial charge in [0.15, 0.2) is 0 Å². The summed E-state index contributed by atoms with van der Waals surface area (Å²) in [6.45, 7) is 6.32. The van der Waals surface area contributed by atoms with Gasteiger partial charge in [-0.3, -0.25) is 9.59 Å². The highest BCUT2D eigenvalue weighted by Crippen LogP contribution is 2.71. The minimum absolute atomic E-state index is 0.0920. The Hall–Kier alpha value is -0.860. The van der Waals surface area contributed by atoms with Crippen molar-refractivity contribution in [3.05, 3.63) is 0 Å². The SMILES string of the molecule is COC(=O)C[C@]12CC[C@@](C)(C(=O)C1)C2(C)C. The van der Waals surface area contributed by atoms with Gasteiger partial charge < -0.3 is 4.74 Å². The largest absolute Gasteiger partial charge is 0.469 e. The zero-order valence-corrected chi connectivity index (χ0v) is 10.6. The van der Waals surface area contributed by atoms with Crippen molar-refractivity contribution < 1.29 is 14.3 Å². The lowest BCUT2D eigenvalue weighted by Gasteiger charge is -2.39. The zero-order chi connectivity index (χ0) is 12.2. The molecule has 0 saturated heterocycles. The molecule has 2 bridgehead atoms. The molecule has 0 aromatic rings. The van der Waals surface area contributed by atoms with Crippen molar-refractivity contribution in [2.24, 2.45) is 16.2 Å². The molecule has 2 saturated carbocycles. The van der Waals surface area contributed by atoms with Crippen molar-refractivity contribution in [1.29, 1.82) is 0 Å². The number of Topliss-reactive ketones (excluding diaryl/α,β-unsaturated/α-hetero) is 1. The molecule has 0 N–H and O–H groups in total. The normalized spacial score (nSPS) is 40.1. The Morgan fingerprint density at radius 3 is 2.31 bits per heavy atom. The maximum atomic E-state index is 12.1. The summed E-state index contributed by atoms with van der Waals surface area (Å²) in [5.41, 5.74) is -0.488. The molecule has 2 aliphatic rings. The number of fused-ring (bicyclic) bond motifs is 2. The Morgan fingerprint density at radius 2 is 1.94 bits per heavy atom. The molecule has 0 aliphatic heterocycles. The Kier molecular flexibility index (Phi) is 2.24. The van der Waals surface area contributed by atoms with E-state index in [1.54, 1.807) is 0 Å². The van der Waals surface area contributed by atoms with E-state index in [-0.39, 0.29) is 22.2 Å². The smallest absolute Gasteiger partial charge is 0.306 e. The number of ketones is 1. The van der Waals surface area contributed by atoms with Crippen LogP contribution >= 0.6 is 0 Å². The highest BCUT2D eigenvalue weighted by Gasteiger charge is 2.69. The maximum absolute atomic E-state index is 12.1. The number of rotatable bonds is 2. The number of hydrogen-bond acceptors (Lipinski definition) is 3. The summed E-state index contributed by atoms with van der Waals surface area (Å²) in [5.74, 6) is 0.139. The van der Waals surface area contributed by atoms with E-state index in [4.69, 9.17) is 4.74 Å². The van der Waals surface area contributed by atoms with Crippen LogP contribution in [-0.2, 0) is 14.3 Å². The van der Waals surface area contributed by atoms with Gasteiger partial charge in [-0.15, -0.1) is 0 Å². The Bertz CT molecular complexity index is 358. The lowest BCUT2D eigenvalue weighted by molar-refractivity contribution is -0.145. The standard InChI is InChI=1S/C13H20O3/c1-11(2)12(3)5-6-13(11,7-9(12)14)8-10(15)16-4/h5-8H2,1-4H3/t12-,13-/m0/s1. The van der Waals surface area contributed by atoms with Crippen molar-refractivity contribution in [3.63, 3.8) is 0 Å². The van der Waals surface area contributed by atoms with Gasteiger partial charge in [0.2, 0.25) is 0 Å². The van der Waals surface area contributed by atoms with Gasteiger partial charge in [0.1, 0.15) is 5.78 Å². The monoisotopic (exact) mass is 224 g/mol. The number of ether oxygens (including phenoxy) is 1. The second-order valence-corrected chi connectivity index (χ2v) is 6.09. The first-order valence-corrected chi connectivity index (χ1v) is 5.89. The topological polar surface area (TPSA) is 43.4 Å². The first-order valence-electron chi connectivity index (χ1n) is 5.89. The summed E-state index contributed by atoms with van der Waals surface area (Å²) in [5, 5.41) is 0. The van der Waals surface area contributed by atoms with E-state index in [0.717, 1.165) is 12.8 Å². The van der Waals surface area contributed by atoms with Gasteiger partial charge in [-0.05, 0) is 23.7 Å². The van der Waals surface area contributed by atoms with Crippen LogP contribution in [0.5, 0.6) is 0 Å². The van der Waals surface area contributed by atoms with E-state index in [0.29, 0.717) is 18.6 Å². The third-order valence-corrected chi connectivity index (χ3v) is 5.63. The minimum atomic E-state index is -0.235. The quantitative estimate of drug-likeness (QED) is 0.676. The second-order valence-electron chi connectivity index (χ2n) is 6.09. The number of esters is 1. The molecule has 3 nitrogen and oxygen atoms in total. The molecule has 3 heteroatoms. The predicted octanol–water partition coefficient (Wildman–Crippen LogP) is 2.33. The third-order valence-electron chi connectivity index (χ3n) is 5.63.